The number of ether oxygens (including phenoxy) is 2. The van der Waals surface area contributed by atoms with Gasteiger partial charge in [0, 0.05) is 12.5 Å². The highest BCUT2D eigenvalue weighted by molar-refractivity contribution is 5.31. The number of hydrogen-bond acceptors (Lipinski definition) is 3. The van der Waals surface area contributed by atoms with Crippen LogP contribution in [0.1, 0.15) is 6.92 Å². The summed E-state index contributed by atoms with van der Waals surface area (Å²) in [6.07, 6.45) is 0. The molecular formula is C11H16O3. The predicted molar refractivity (Wildman–Crippen MR) is 54.7 cm³/mol. The van der Waals surface area contributed by atoms with Gasteiger partial charge >= 0.3 is 0 Å². The fraction of sp³-hybridized carbons (Fsp3) is 0.455. The average molecular weight is 196 g/mol. The molecule has 0 amide bonds. The highest BCUT2D eigenvalue weighted by atomic mass is 16.5. The van der Waals surface area contributed by atoms with Crippen LogP contribution in [0.15, 0.2) is 24.3 Å². The Hall–Kier alpha value is -1.22. The first kappa shape index (κ1) is 10.9. The molecule has 1 aromatic rings. The Labute approximate surface area is 84.3 Å². The Morgan fingerprint density at radius 2 is 1.79 bits per heavy atom. The molecule has 1 atom stereocenters. The van der Waals surface area contributed by atoms with Gasteiger partial charge in [-0.2, -0.15) is 0 Å². The Balaban J connectivity index is 2.43. The molecule has 1 unspecified atom stereocenters. The van der Waals surface area contributed by atoms with E-state index < -0.39 is 0 Å². The van der Waals surface area contributed by atoms with Crippen molar-refractivity contribution in [3.8, 4) is 11.5 Å². The second kappa shape index (κ2) is 5.50. The van der Waals surface area contributed by atoms with Crippen molar-refractivity contribution in [2.24, 2.45) is 5.92 Å². The van der Waals surface area contributed by atoms with Crippen LogP contribution in [0.25, 0.3) is 0 Å². The molecule has 0 spiro atoms. The molecule has 0 aliphatic rings. The van der Waals surface area contributed by atoms with Crippen molar-refractivity contribution < 1.29 is 14.6 Å². The molecule has 0 aliphatic carbocycles. The van der Waals surface area contributed by atoms with Crippen molar-refractivity contribution in [2.45, 2.75) is 6.92 Å². The average Bonchev–Trinajstić information content (AvgIpc) is 2.26. The second-order valence-corrected chi connectivity index (χ2v) is 3.27. The standard InChI is InChI=1S/C11H16O3/c1-9(7-12)8-14-11-5-3-10(13-2)4-6-11/h3-6,9,12H,7-8H2,1-2H3. The zero-order chi connectivity index (χ0) is 10.4. The molecule has 0 aromatic heterocycles. The molecule has 0 heterocycles. The zero-order valence-corrected chi connectivity index (χ0v) is 8.56. The van der Waals surface area contributed by atoms with Crippen molar-refractivity contribution in [1.29, 1.82) is 0 Å². The molecule has 0 fully saturated rings. The van der Waals surface area contributed by atoms with Gasteiger partial charge in [-0.1, -0.05) is 6.92 Å². The van der Waals surface area contributed by atoms with Gasteiger partial charge < -0.3 is 14.6 Å². The van der Waals surface area contributed by atoms with Gasteiger partial charge in [0.1, 0.15) is 11.5 Å². The van der Waals surface area contributed by atoms with Crippen molar-refractivity contribution in [3.63, 3.8) is 0 Å². The van der Waals surface area contributed by atoms with Gasteiger partial charge in [0.25, 0.3) is 0 Å². The van der Waals surface area contributed by atoms with E-state index in [1.165, 1.54) is 0 Å². The minimum Gasteiger partial charge on any atom is -0.497 e. The number of hydrogen-bond donors (Lipinski definition) is 1. The van der Waals surface area contributed by atoms with E-state index in [0.717, 1.165) is 11.5 Å². The second-order valence-electron chi connectivity index (χ2n) is 3.27. The van der Waals surface area contributed by atoms with Crippen molar-refractivity contribution in [1.82, 2.24) is 0 Å². The first-order valence-corrected chi connectivity index (χ1v) is 4.64. The summed E-state index contributed by atoms with van der Waals surface area (Å²) in [5, 5.41) is 8.79. The molecule has 0 radical (unpaired) electrons. The first-order valence-electron chi connectivity index (χ1n) is 4.64. The number of methoxy groups -OCH3 is 1. The van der Waals surface area contributed by atoms with Crippen LogP contribution in [-0.2, 0) is 0 Å². The van der Waals surface area contributed by atoms with Gasteiger partial charge in [-0.15, -0.1) is 0 Å². The van der Waals surface area contributed by atoms with E-state index in [1.807, 2.05) is 31.2 Å². The van der Waals surface area contributed by atoms with Gasteiger partial charge in [-0.05, 0) is 24.3 Å². The lowest BCUT2D eigenvalue weighted by Crippen LogP contribution is -2.11. The van der Waals surface area contributed by atoms with E-state index in [2.05, 4.69) is 0 Å². The Bertz CT molecular complexity index is 256. The molecule has 3 nitrogen and oxygen atoms in total. The largest absolute Gasteiger partial charge is 0.497 e. The summed E-state index contributed by atoms with van der Waals surface area (Å²) in [5.41, 5.74) is 0. The lowest BCUT2D eigenvalue weighted by atomic mass is 10.2. The smallest absolute Gasteiger partial charge is 0.119 e. The summed E-state index contributed by atoms with van der Waals surface area (Å²) < 4.78 is 10.5. The van der Waals surface area contributed by atoms with E-state index >= 15 is 0 Å². The maximum absolute atomic E-state index is 8.79. The highest BCUT2D eigenvalue weighted by Gasteiger charge is 2.01. The third kappa shape index (κ3) is 3.26. The number of benzene rings is 1. The maximum atomic E-state index is 8.79. The van der Waals surface area contributed by atoms with Gasteiger partial charge in [-0.3, -0.25) is 0 Å². The minimum absolute atomic E-state index is 0.149. The normalized spacial score (nSPS) is 12.2. The van der Waals surface area contributed by atoms with E-state index in [1.54, 1.807) is 7.11 Å². The third-order valence-electron chi connectivity index (χ3n) is 1.91. The van der Waals surface area contributed by atoms with Crippen molar-refractivity contribution >= 4 is 0 Å². The van der Waals surface area contributed by atoms with Gasteiger partial charge in [0.05, 0.1) is 13.7 Å². The van der Waals surface area contributed by atoms with Crippen LogP contribution in [0.5, 0.6) is 11.5 Å². The predicted octanol–water partition coefficient (Wildman–Crippen LogP) is 1.70. The number of rotatable bonds is 5. The Morgan fingerprint density at radius 1 is 1.21 bits per heavy atom. The summed E-state index contributed by atoms with van der Waals surface area (Å²) in [6.45, 7) is 2.61. The number of aliphatic hydroxyl groups excluding tert-OH is 1. The van der Waals surface area contributed by atoms with Crippen LogP contribution >= 0.6 is 0 Å². The quantitative estimate of drug-likeness (QED) is 0.779. The Kier molecular flexibility index (Phi) is 4.26. The molecular weight excluding hydrogens is 180 g/mol. The zero-order valence-electron chi connectivity index (χ0n) is 8.56. The fourth-order valence-electron chi connectivity index (χ4n) is 0.963. The van der Waals surface area contributed by atoms with E-state index in [9.17, 15) is 0 Å². The van der Waals surface area contributed by atoms with Crippen LogP contribution in [0.4, 0.5) is 0 Å². The molecule has 0 saturated heterocycles. The van der Waals surface area contributed by atoms with Crippen molar-refractivity contribution in [3.05, 3.63) is 24.3 Å². The van der Waals surface area contributed by atoms with Gasteiger partial charge in [-0.25, -0.2) is 0 Å². The molecule has 1 N–H and O–H groups in total. The van der Waals surface area contributed by atoms with Crippen LogP contribution in [0.3, 0.4) is 0 Å². The molecule has 78 valence electrons. The van der Waals surface area contributed by atoms with Crippen LogP contribution in [-0.4, -0.2) is 25.4 Å². The molecule has 14 heavy (non-hydrogen) atoms. The van der Waals surface area contributed by atoms with Crippen LogP contribution in [0.2, 0.25) is 0 Å². The summed E-state index contributed by atoms with van der Waals surface area (Å²) in [4.78, 5) is 0. The summed E-state index contributed by atoms with van der Waals surface area (Å²) in [7, 11) is 1.63. The number of aliphatic hydroxyl groups is 1. The van der Waals surface area contributed by atoms with Crippen LogP contribution < -0.4 is 9.47 Å². The minimum atomic E-state index is 0.149. The molecule has 0 saturated carbocycles. The molecule has 0 aliphatic heterocycles. The van der Waals surface area contributed by atoms with Crippen LogP contribution in [0, 0.1) is 5.92 Å². The highest BCUT2D eigenvalue weighted by Crippen LogP contribution is 2.17. The van der Waals surface area contributed by atoms with Crippen molar-refractivity contribution in [2.75, 3.05) is 20.3 Å². The van der Waals surface area contributed by atoms with Gasteiger partial charge in [0.2, 0.25) is 0 Å². The maximum Gasteiger partial charge on any atom is 0.119 e. The molecule has 1 rings (SSSR count). The fourth-order valence-corrected chi connectivity index (χ4v) is 0.963. The first-order chi connectivity index (χ1) is 6.76. The summed E-state index contributed by atoms with van der Waals surface area (Å²) in [5.74, 6) is 1.77. The molecule has 1 aromatic carbocycles. The lowest BCUT2D eigenvalue weighted by molar-refractivity contribution is 0.174. The monoisotopic (exact) mass is 196 g/mol. The summed E-state index contributed by atoms with van der Waals surface area (Å²) in [6, 6.07) is 7.39. The van der Waals surface area contributed by atoms with E-state index in [4.69, 9.17) is 14.6 Å². The van der Waals surface area contributed by atoms with E-state index in [-0.39, 0.29) is 12.5 Å². The third-order valence-corrected chi connectivity index (χ3v) is 1.91. The van der Waals surface area contributed by atoms with E-state index in [0.29, 0.717) is 6.61 Å². The summed E-state index contributed by atoms with van der Waals surface area (Å²) >= 11 is 0. The Morgan fingerprint density at radius 3 is 2.29 bits per heavy atom. The van der Waals surface area contributed by atoms with Gasteiger partial charge in [0.15, 0.2) is 0 Å². The topological polar surface area (TPSA) is 38.7 Å². The SMILES string of the molecule is COc1ccc(OCC(C)CO)cc1. The lowest BCUT2D eigenvalue weighted by Gasteiger charge is -2.10. The molecule has 0 bridgehead atoms. The molecule has 3 heteroatoms.